The lowest BCUT2D eigenvalue weighted by atomic mass is 10.1. The molecule has 136 valence electrons. The van der Waals surface area contributed by atoms with E-state index in [0.29, 0.717) is 5.56 Å². The Morgan fingerprint density at radius 2 is 1.65 bits per heavy atom. The number of nitriles is 1. The predicted octanol–water partition coefficient (Wildman–Crippen LogP) is 1.54. The van der Waals surface area contributed by atoms with Crippen LogP contribution in [-0.2, 0) is 10.0 Å². The zero-order chi connectivity index (χ0) is 18.9. The van der Waals surface area contributed by atoms with Gasteiger partial charge >= 0.3 is 0 Å². The average Bonchev–Trinajstić information content (AvgIpc) is 2.61. The zero-order valence-corrected chi connectivity index (χ0v) is 15.6. The molecule has 2 heterocycles. The topological polar surface area (TPSA) is 103 Å². The Bertz CT molecular complexity index is 956. The van der Waals surface area contributed by atoms with Crippen LogP contribution in [0.15, 0.2) is 35.2 Å². The minimum absolute atomic E-state index is 0.109. The van der Waals surface area contributed by atoms with Gasteiger partial charge in [0.25, 0.3) is 0 Å². The summed E-state index contributed by atoms with van der Waals surface area (Å²) >= 11 is 0. The van der Waals surface area contributed by atoms with Gasteiger partial charge in [-0.25, -0.2) is 18.5 Å². The van der Waals surface area contributed by atoms with Crippen LogP contribution in [0.3, 0.4) is 0 Å². The number of sulfonamides is 1. The summed E-state index contributed by atoms with van der Waals surface area (Å²) in [4.78, 5) is 8.99. The summed E-state index contributed by atoms with van der Waals surface area (Å²) < 4.78 is 22.7. The minimum Gasteiger partial charge on any atom is -0.368 e. The Morgan fingerprint density at radius 1 is 1.08 bits per heavy atom. The highest BCUT2D eigenvalue weighted by Crippen LogP contribution is 2.25. The normalized spacial score (nSPS) is 15.0. The summed E-state index contributed by atoms with van der Waals surface area (Å²) in [7, 11) is -3.68. The first-order valence-corrected chi connectivity index (χ1v) is 9.85. The number of nitrogens with zero attached hydrogens (tertiary/aromatic N) is 4. The van der Waals surface area contributed by atoms with Gasteiger partial charge in [-0.05, 0) is 49.7 Å². The van der Waals surface area contributed by atoms with Crippen LogP contribution in [0.2, 0.25) is 0 Å². The molecule has 2 N–H and O–H groups in total. The maximum Gasteiger partial charge on any atom is 0.238 e. The molecule has 1 fully saturated rings. The Labute approximate surface area is 153 Å². The number of piperazine rings is 1. The molecule has 7 nitrogen and oxygen atoms in total. The van der Waals surface area contributed by atoms with E-state index < -0.39 is 10.0 Å². The molecule has 0 radical (unpaired) electrons. The molecule has 0 aliphatic carbocycles. The van der Waals surface area contributed by atoms with Crippen LogP contribution in [-0.4, -0.2) is 39.6 Å². The number of primary sulfonamides is 1. The van der Waals surface area contributed by atoms with Crippen molar-refractivity contribution in [2.45, 2.75) is 18.7 Å². The Morgan fingerprint density at radius 3 is 2.19 bits per heavy atom. The number of rotatable bonds is 3. The van der Waals surface area contributed by atoms with Crippen molar-refractivity contribution in [2.75, 3.05) is 36.0 Å². The molecule has 26 heavy (non-hydrogen) atoms. The Kier molecular flexibility index (Phi) is 4.85. The van der Waals surface area contributed by atoms with E-state index in [2.05, 4.69) is 20.9 Å². The fraction of sp³-hybridized carbons (Fsp3) is 0.333. The first-order chi connectivity index (χ1) is 12.3. The van der Waals surface area contributed by atoms with Crippen LogP contribution in [0.4, 0.5) is 11.5 Å². The number of pyridine rings is 1. The van der Waals surface area contributed by atoms with Crippen LogP contribution in [0.5, 0.6) is 0 Å². The first-order valence-electron chi connectivity index (χ1n) is 8.30. The second kappa shape index (κ2) is 6.94. The standard InChI is InChI=1S/C18H21N5O2S/c1-13-11-14(2)21-18(17(13)12-19)23-9-7-22(8-10-23)15-3-5-16(6-4-15)26(20,24)25/h3-6,11H,7-10H2,1-2H3,(H2,20,24,25). The molecular formula is C18H21N5O2S. The van der Waals surface area contributed by atoms with Gasteiger partial charge in [0.15, 0.2) is 0 Å². The third kappa shape index (κ3) is 3.64. The molecule has 1 saturated heterocycles. The van der Waals surface area contributed by atoms with E-state index in [4.69, 9.17) is 5.14 Å². The highest BCUT2D eigenvalue weighted by molar-refractivity contribution is 7.89. The molecule has 1 aliphatic heterocycles. The molecule has 0 atom stereocenters. The smallest absolute Gasteiger partial charge is 0.238 e. The molecule has 0 saturated carbocycles. The Balaban J connectivity index is 1.75. The van der Waals surface area contributed by atoms with E-state index in [1.165, 1.54) is 12.1 Å². The summed E-state index contributed by atoms with van der Waals surface area (Å²) in [5.41, 5.74) is 3.42. The van der Waals surface area contributed by atoms with Gasteiger partial charge in [0, 0.05) is 37.6 Å². The number of anilines is 2. The highest BCUT2D eigenvalue weighted by Gasteiger charge is 2.22. The minimum atomic E-state index is -3.68. The molecule has 0 spiro atoms. The zero-order valence-electron chi connectivity index (χ0n) is 14.8. The van der Waals surface area contributed by atoms with Crippen molar-refractivity contribution >= 4 is 21.5 Å². The molecule has 1 aromatic carbocycles. The van der Waals surface area contributed by atoms with Gasteiger partial charge in [-0.15, -0.1) is 0 Å². The number of hydrogen-bond donors (Lipinski definition) is 1. The lowest BCUT2D eigenvalue weighted by molar-refractivity contribution is 0.597. The lowest BCUT2D eigenvalue weighted by Gasteiger charge is -2.37. The van der Waals surface area contributed by atoms with Crippen LogP contribution >= 0.6 is 0 Å². The number of nitrogens with two attached hydrogens (primary N) is 1. The number of benzene rings is 1. The van der Waals surface area contributed by atoms with Gasteiger partial charge in [-0.2, -0.15) is 5.26 Å². The molecule has 1 aromatic heterocycles. The van der Waals surface area contributed by atoms with E-state index >= 15 is 0 Å². The van der Waals surface area contributed by atoms with E-state index in [1.54, 1.807) is 12.1 Å². The third-order valence-electron chi connectivity index (χ3n) is 4.55. The highest BCUT2D eigenvalue weighted by atomic mass is 32.2. The van der Waals surface area contributed by atoms with Crippen LogP contribution in [0.25, 0.3) is 0 Å². The molecule has 0 amide bonds. The average molecular weight is 371 g/mol. The summed E-state index contributed by atoms with van der Waals surface area (Å²) in [6, 6.07) is 10.8. The monoisotopic (exact) mass is 371 g/mol. The van der Waals surface area contributed by atoms with E-state index in [9.17, 15) is 13.7 Å². The summed E-state index contributed by atoms with van der Waals surface area (Å²) in [5, 5.41) is 14.6. The lowest BCUT2D eigenvalue weighted by Crippen LogP contribution is -2.47. The van der Waals surface area contributed by atoms with Crippen molar-refractivity contribution in [3.63, 3.8) is 0 Å². The summed E-state index contributed by atoms with van der Waals surface area (Å²) in [6.07, 6.45) is 0. The van der Waals surface area contributed by atoms with E-state index in [-0.39, 0.29) is 4.90 Å². The van der Waals surface area contributed by atoms with Crippen LogP contribution in [0.1, 0.15) is 16.8 Å². The van der Waals surface area contributed by atoms with Crippen LogP contribution < -0.4 is 14.9 Å². The molecule has 3 rings (SSSR count). The Hall–Kier alpha value is -2.63. The van der Waals surface area contributed by atoms with E-state index in [1.807, 2.05) is 19.9 Å². The van der Waals surface area contributed by atoms with Crippen molar-refractivity contribution < 1.29 is 8.42 Å². The van der Waals surface area contributed by atoms with Gasteiger partial charge in [-0.3, -0.25) is 0 Å². The molecule has 0 bridgehead atoms. The predicted molar refractivity (Wildman–Crippen MR) is 101 cm³/mol. The quantitative estimate of drug-likeness (QED) is 0.878. The van der Waals surface area contributed by atoms with Gasteiger partial charge in [0.1, 0.15) is 11.9 Å². The fourth-order valence-electron chi connectivity index (χ4n) is 3.21. The van der Waals surface area contributed by atoms with Gasteiger partial charge < -0.3 is 9.80 Å². The maximum absolute atomic E-state index is 11.4. The number of hydrogen-bond acceptors (Lipinski definition) is 6. The number of aryl methyl sites for hydroxylation is 2. The molecule has 2 aromatic rings. The van der Waals surface area contributed by atoms with Gasteiger partial charge in [0.2, 0.25) is 10.0 Å². The molecule has 8 heteroatoms. The van der Waals surface area contributed by atoms with Crippen molar-refractivity contribution in [3.8, 4) is 6.07 Å². The second-order valence-corrected chi connectivity index (χ2v) is 7.97. The molecular weight excluding hydrogens is 350 g/mol. The largest absolute Gasteiger partial charge is 0.368 e. The maximum atomic E-state index is 11.4. The van der Waals surface area contributed by atoms with Crippen molar-refractivity contribution in [3.05, 3.63) is 47.2 Å². The summed E-state index contributed by atoms with van der Waals surface area (Å²) in [5.74, 6) is 0.745. The van der Waals surface area contributed by atoms with E-state index in [0.717, 1.165) is 48.9 Å². The van der Waals surface area contributed by atoms with Crippen molar-refractivity contribution in [1.82, 2.24) is 4.98 Å². The third-order valence-corrected chi connectivity index (χ3v) is 5.48. The second-order valence-electron chi connectivity index (χ2n) is 6.40. The van der Waals surface area contributed by atoms with Gasteiger partial charge in [-0.1, -0.05) is 0 Å². The van der Waals surface area contributed by atoms with Crippen molar-refractivity contribution in [1.29, 1.82) is 5.26 Å². The summed E-state index contributed by atoms with van der Waals surface area (Å²) in [6.45, 7) is 6.85. The first kappa shape index (κ1) is 18.2. The van der Waals surface area contributed by atoms with Crippen LogP contribution in [0, 0.1) is 25.2 Å². The number of aromatic nitrogens is 1. The van der Waals surface area contributed by atoms with Crippen molar-refractivity contribution in [2.24, 2.45) is 5.14 Å². The SMILES string of the molecule is Cc1cc(C)c(C#N)c(N2CCN(c3ccc(S(N)(=O)=O)cc3)CC2)n1. The fourth-order valence-corrected chi connectivity index (χ4v) is 3.72. The molecule has 0 unspecified atom stereocenters. The molecule has 1 aliphatic rings. The van der Waals surface area contributed by atoms with Gasteiger partial charge in [0.05, 0.1) is 10.5 Å².